The molecule has 3 heteroatoms. The Bertz CT molecular complexity index is 829. The van der Waals surface area contributed by atoms with Crippen LogP contribution < -0.4 is 5.01 Å². The van der Waals surface area contributed by atoms with Gasteiger partial charge in [-0.2, -0.15) is 0 Å². The van der Waals surface area contributed by atoms with Crippen molar-refractivity contribution in [1.29, 1.82) is 0 Å². The van der Waals surface area contributed by atoms with Gasteiger partial charge in [0, 0.05) is 5.56 Å². The smallest absolute Gasteiger partial charge is 0.240 e. The largest absolute Gasteiger partial charge is 0.453 e. The second kappa shape index (κ2) is 5.97. The van der Waals surface area contributed by atoms with E-state index in [0.717, 1.165) is 11.3 Å². The maximum atomic E-state index is 5.73. The minimum absolute atomic E-state index is 0.433. The molecule has 1 heterocycles. The Labute approximate surface area is 135 Å². The summed E-state index contributed by atoms with van der Waals surface area (Å²) in [4.78, 5) is 0. The molecule has 1 aliphatic rings. The zero-order valence-electron chi connectivity index (χ0n) is 12.6. The Morgan fingerprint density at radius 3 is 2.09 bits per heavy atom. The van der Waals surface area contributed by atoms with Crippen LogP contribution in [0.3, 0.4) is 0 Å². The molecular weight excluding hydrogens is 284 g/mol. The summed E-state index contributed by atoms with van der Waals surface area (Å²) in [5.41, 5.74) is 4.39. The molecule has 0 N–H and O–H groups in total. The van der Waals surface area contributed by atoms with Gasteiger partial charge in [-0.15, -0.1) is 5.10 Å². The predicted octanol–water partition coefficient (Wildman–Crippen LogP) is 4.51. The van der Waals surface area contributed by atoms with Crippen LogP contribution in [-0.2, 0) is 4.74 Å². The van der Waals surface area contributed by atoms with E-state index < -0.39 is 0 Å². The third-order valence-electron chi connectivity index (χ3n) is 3.81. The molecule has 0 radical (unpaired) electrons. The third-order valence-corrected chi connectivity index (χ3v) is 3.81. The lowest BCUT2D eigenvalue weighted by atomic mass is 10.1. The molecule has 0 aromatic heterocycles. The SMILES string of the molecule is c1ccc(C2=NN(c3cccc(-c4ccccc4)c3)CO2)cc1. The first-order valence-corrected chi connectivity index (χ1v) is 7.60. The molecular formula is C20H16N2O. The van der Waals surface area contributed by atoms with Crippen LogP contribution >= 0.6 is 0 Å². The number of hydrogen-bond donors (Lipinski definition) is 0. The highest BCUT2D eigenvalue weighted by molar-refractivity contribution is 5.95. The minimum atomic E-state index is 0.433. The zero-order valence-corrected chi connectivity index (χ0v) is 12.6. The molecule has 0 bridgehead atoms. The number of anilines is 1. The first-order chi connectivity index (χ1) is 11.4. The Hall–Kier alpha value is -3.07. The van der Waals surface area contributed by atoms with E-state index in [-0.39, 0.29) is 0 Å². The van der Waals surface area contributed by atoms with Gasteiger partial charge in [0.05, 0.1) is 5.69 Å². The second-order valence-electron chi connectivity index (χ2n) is 5.36. The normalized spacial score (nSPS) is 13.6. The van der Waals surface area contributed by atoms with Crippen molar-refractivity contribution in [1.82, 2.24) is 0 Å². The van der Waals surface area contributed by atoms with Crippen molar-refractivity contribution in [3.8, 4) is 11.1 Å². The summed E-state index contributed by atoms with van der Waals surface area (Å²) in [5.74, 6) is 0.663. The van der Waals surface area contributed by atoms with E-state index in [4.69, 9.17) is 4.74 Å². The molecule has 0 atom stereocenters. The second-order valence-corrected chi connectivity index (χ2v) is 5.36. The van der Waals surface area contributed by atoms with Gasteiger partial charge in [0.25, 0.3) is 0 Å². The summed E-state index contributed by atoms with van der Waals surface area (Å²) in [5, 5.41) is 6.47. The van der Waals surface area contributed by atoms with Crippen LogP contribution in [0.2, 0.25) is 0 Å². The van der Waals surface area contributed by atoms with E-state index >= 15 is 0 Å². The monoisotopic (exact) mass is 300 g/mol. The average Bonchev–Trinajstić information content (AvgIpc) is 3.14. The first-order valence-electron chi connectivity index (χ1n) is 7.60. The number of hydrogen-bond acceptors (Lipinski definition) is 3. The van der Waals surface area contributed by atoms with Gasteiger partial charge in [-0.1, -0.05) is 60.7 Å². The molecule has 3 aromatic carbocycles. The van der Waals surface area contributed by atoms with Gasteiger partial charge in [0.1, 0.15) is 0 Å². The van der Waals surface area contributed by atoms with Crippen LogP contribution in [0, 0.1) is 0 Å². The summed E-state index contributed by atoms with van der Waals surface area (Å²) >= 11 is 0. The molecule has 0 unspecified atom stereocenters. The minimum Gasteiger partial charge on any atom is -0.453 e. The van der Waals surface area contributed by atoms with E-state index in [9.17, 15) is 0 Å². The summed E-state index contributed by atoms with van der Waals surface area (Å²) in [7, 11) is 0. The van der Waals surface area contributed by atoms with E-state index in [1.54, 1.807) is 0 Å². The maximum Gasteiger partial charge on any atom is 0.240 e. The van der Waals surface area contributed by atoms with E-state index in [2.05, 4.69) is 29.4 Å². The highest BCUT2D eigenvalue weighted by Gasteiger charge is 2.18. The molecule has 0 spiro atoms. The Morgan fingerprint density at radius 1 is 0.696 bits per heavy atom. The van der Waals surface area contributed by atoms with Crippen molar-refractivity contribution in [3.05, 3.63) is 90.5 Å². The van der Waals surface area contributed by atoms with E-state index in [1.165, 1.54) is 11.1 Å². The van der Waals surface area contributed by atoms with Crippen molar-refractivity contribution in [2.45, 2.75) is 0 Å². The zero-order chi connectivity index (χ0) is 15.5. The lowest BCUT2D eigenvalue weighted by Crippen LogP contribution is -2.12. The topological polar surface area (TPSA) is 24.8 Å². The van der Waals surface area contributed by atoms with Crippen LogP contribution in [0.25, 0.3) is 11.1 Å². The molecule has 23 heavy (non-hydrogen) atoms. The van der Waals surface area contributed by atoms with Crippen molar-refractivity contribution in [2.75, 3.05) is 11.7 Å². The van der Waals surface area contributed by atoms with Gasteiger partial charge >= 0.3 is 0 Å². The van der Waals surface area contributed by atoms with Crippen LogP contribution in [0.4, 0.5) is 5.69 Å². The predicted molar refractivity (Wildman–Crippen MR) is 93.3 cm³/mol. The molecule has 0 aliphatic carbocycles. The number of rotatable bonds is 3. The number of hydrazone groups is 1. The number of ether oxygens (including phenoxy) is 1. The highest BCUT2D eigenvalue weighted by Crippen LogP contribution is 2.26. The van der Waals surface area contributed by atoms with E-state index in [0.29, 0.717) is 12.6 Å². The molecule has 0 fully saturated rings. The molecule has 112 valence electrons. The van der Waals surface area contributed by atoms with Crippen molar-refractivity contribution >= 4 is 11.6 Å². The van der Waals surface area contributed by atoms with Crippen molar-refractivity contribution in [3.63, 3.8) is 0 Å². The van der Waals surface area contributed by atoms with Crippen LogP contribution in [0.15, 0.2) is 90.0 Å². The Morgan fingerprint density at radius 2 is 1.35 bits per heavy atom. The number of nitrogens with zero attached hydrogens (tertiary/aromatic N) is 2. The van der Waals surface area contributed by atoms with Gasteiger partial charge < -0.3 is 4.74 Å². The maximum absolute atomic E-state index is 5.73. The lowest BCUT2D eigenvalue weighted by molar-refractivity contribution is 0.338. The van der Waals surface area contributed by atoms with Gasteiger partial charge in [-0.05, 0) is 35.4 Å². The van der Waals surface area contributed by atoms with Crippen LogP contribution in [-0.4, -0.2) is 12.6 Å². The summed E-state index contributed by atoms with van der Waals surface area (Å²) < 4.78 is 5.73. The third kappa shape index (κ3) is 2.81. The molecule has 0 amide bonds. The van der Waals surface area contributed by atoms with Crippen molar-refractivity contribution < 1.29 is 4.74 Å². The quantitative estimate of drug-likeness (QED) is 0.711. The van der Waals surface area contributed by atoms with Gasteiger partial charge in [0.2, 0.25) is 5.90 Å². The summed E-state index contributed by atoms with van der Waals surface area (Å²) in [6.45, 7) is 0.433. The van der Waals surface area contributed by atoms with Gasteiger partial charge in [-0.25, -0.2) is 5.01 Å². The van der Waals surface area contributed by atoms with Gasteiger partial charge in [-0.3, -0.25) is 0 Å². The van der Waals surface area contributed by atoms with Gasteiger partial charge in [0.15, 0.2) is 6.73 Å². The first kappa shape index (κ1) is 13.6. The fourth-order valence-electron chi connectivity index (χ4n) is 2.62. The molecule has 3 nitrogen and oxygen atoms in total. The standard InChI is InChI=1S/C20H16N2O/c1-3-8-16(9-4-1)18-12-7-13-19(14-18)22-15-23-20(21-22)17-10-5-2-6-11-17/h1-14H,15H2. The van der Waals surface area contributed by atoms with E-state index in [1.807, 2.05) is 65.7 Å². The summed E-state index contributed by atoms with van der Waals surface area (Å²) in [6.07, 6.45) is 0. The molecule has 0 saturated carbocycles. The molecule has 1 aliphatic heterocycles. The summed E-state index contributed by atoms with van der Waals surface area (Å²) in [6, 6.07) is 28.6. The lowest BCUT2D eigenvalue weighted by Gasteiger charge is -2.12. The fraction of sp³-hybridized carbons (Fsp3) is 0.0500. The highest BCUT2D eigenvalue weighted by atomic mass is 16.5. The molecule has 3 aromatic rings. The van der Waals surface area contributed by atoms with Crippen molar-refractivity contribution in [2.24, 2.45) is 5.10 Å². The molecule has 0 saturated heterocycles. The fourth-order valence-corrected chi connectivity index (χ4v) is 2.62. The Kier molecular flexibility index (Phi) is 3.53. The van der Waals surface area contributed by atoms with Crippen LogP contribution in [0.5, 0.6) is 0 Å². The Balaban J connectivity index is 1.63. The van der Waals surface area contributed by atoms with Crippen LogP contribution in [0.1, 0.15) is 5.56 Å². The molecule has 4 rings (SSSR count). The number of benzene rings is 3. The average molecular weight is 300 g/mol.